The quantitative estimate of drug-likeness (QED) is 0.865. The molecule has 3 aliphatic heterocycles. The van der Waals surface area contributed by atoms with Gasteiger partial charge in [0.25, 0.3) is 0 Å². The number of ether oxygens (including phenoxy) is 2. The van der Waals surface area contributed by atoms with E-state index >= 15 is 0 Å². The summed E-state index contributed by atoms with van der Waals surface area (Å²) in [6.45, 7) is 1.85. The summed E-state index contributed by atoms with van der Waals surface area (Å²) < 4.78 is 11.9. The van der Waals surface area contributed by atoms with Crippen LogP contribution in [0.1, 0.15) is 16.8 Å². The van der Waals surface area contributed by atoms with Gasteiger partial charge in [0.05, 0.1) is 37.6 Å². The summed E-state index contributed by atoms with van der Waals surface area (Å²) in [7, 11) is 3.25. The topological polar surface area (TPSA) is 88.9 Å². The predicted octanol–water partition coefficient (Wildman–Crippen LogP) is 1.55. The Morgan fingerprint density at radius 2 is 2.21 bits per heavy atom. The minimum Gasteiger partial charge on any atom is -0.453 e. The first-order valence-electron chi connectivity index (χ1n) is 9.24. The normalized spacial score (nSPS) is 22.0. The zero-order valence-electron chi connectivity index (χ0n) is 15.7. The molecule has 28 heavy (non-hydrogen) atoms. The fraction of sp³-hybridized carbons (Fsp3) is 0.421. The van der Waals surface area contributed by atoms with Crippen LogP contribution >= 0.6 is 0 Å². The van der Waals surface area contributed by atoms with Crippen LogP contribution in [0.4, 0.5) is 21.0 Å². The van der Waals surface area contributed by atoms with Crippen LogP contribution in [-0.2, 0) is 36.0 Å². The van der Waals surface area contributed by atoms with Crippen LogP contribution in [-0.4, -0.2) is 47.8 Å². The van der Waals surface area contributed by atoms with Gasteiger partial charge in [0, 0.05) is 31.0 Å². The van der Waals surface area contributed by atoms with E-state index < -0.39 is 12.2 Å². The van der Waals surface area contributed by atoms with E-state index in [9.17, 15) is 9.59 Å². The van der Waals surface area contributed by atoms with Gasteiger partial charge in [-0.25, -0.2) is 9.59 Å². The van der Waals surface area contributed by atoms with Crippen molar-refractivity contribution in [2.45, 2.75) is 31.7 Å². The summed E-state index contributed by atoms with van der Waals surface area (Å²) in [6.07, 6.45) is 1.46. The molecule has 0 bridgehead atoms. The molecule has 1 aromatic heterocycles. The largest absolute Gasteiger partial charge is 0.453 e. The molecule has 0 aliphatic carbocycles. The molecule has 0 unspecified atom stereocenters. The molecule has 1 fully saturated rings. The second-order valence-corrected chi connectivity index (χ2v) is 7.38. The molecule has 0 radical (unpaired) electrons. The maximum atomic E-state index is 12.4. The molecular weight excluding hydrogens is 362 g/mol. The molecule has 2 aromatic rings. The van der Waals surface area contributed by atoms with E-state index in [0.29, 0.717) is 6.42 Å². The van der Waals surface area contributed by atoms with Gasteiger partial charge in [0.15, 0.2) is 0 Å². The van der Waals surface area contributed by atoms with E-state index in [1.54, 1.807) is 4.90 Å². The van der Waals surface area contributed by atoms with Gasteiger partial charge < -0.3 is 19.7 Å². The summed E-state index contributed by atoms with van der Waals surface area (Å²) in [5, 5.41) is 7.13. The van der Waals surface area contributed by atoms with Crippen molar-refractivity contribution in [3.63, 3.8) is 0 Å². The summed E-state index contributed by atoms with van der Waals surface area (Å²) >= 11 is 0. The summed E-state index contributed by atoms with van der Waals surface area (Å²) in [4.78, 5) is 27.7. The maximum Gasteiger partial charge on any atom is 0.415 e. The molecule has 9 heteroatoms. The summed E-state index contributed by atoms with van der Waals surface area (Å²) in [5.41, 5.74) is 5.49. The summed E-state index contributed by atoms with van der Waals surface area (Å²) in [6, 6.07) is 6.06. The van der Waals surface area contributed by atoms with Gasteiger partial charge in [-0.15, -0.1) is 0 Å². The molecular formula is C19H21N5O4. The number of alkyl carbamates (subject to hydrolysis) is 1. The molecule has 1 aromatic carbocycles. The van der Waals surface area contributed by atoms with Crippen molar-refractivity contribution in [2.75, 3.05) is 23.5 Å². The van der Waals surface area contributed by atoms with Gasteiger partial charge in [0.1, 0.15) is 6.10 Å². The predicted molar refractivity (Wildman–Crippen MR) is 100 cm³/mol. The molecule has 2 amide bonds. The highest BCUT2D eigenvalue weighted by Gasteiger charge is 2.47. The van der Waals surface area contributed by atoms with Gasteiger partial charge >= 0.3 is 12.2 Å². The van der Waals surface area contributed by atoms with E-state index in [1.807, 2.05) is 23.9 Å². The van der Waals surface area contributed by atoms with E-state index in [0.717, 1.165) is 35.7 Å². The van der Waals surface area contributed by atoms with Crippen LogP contribution in [0.15, 0.2) is 24.4 Å². The molecule has 3 aliphatic rings. The number of carbonyl (C=O) groups is 2. The Balaban J connectivity index is 1.34. The molecule has 9 nitrogen and oxygen atoms in total. The van der Waals surface area contributed by atoms with Crippen LogP contribution < -0.4 is 15.1 Å². The number of nitrogens with one attached hydrogen (secondary N) is 1. The van der Waals surface area contributed by atoms with Gasteiger partial charge in [0.2, 0.25) is 0 Å². The van der Waals surface area contributed by atoms with Crippen LogP contribution in [0.2, 0.25) is 0 Å². The average molecular weight is 383 g/mol. The van der Waals surface area contributed by atoms with Crippen molar-refractivity contribution in [1.82, 2.24) is 15.1 Å². The Morgan fingerprint density at radius 3 is 3.00 bits per heavy atom. The third-order valence-corrected chi connectivity index (χ3v) is 5.65. The Morgan fingerprint density at radius 1 is 1.36 bits per heavy atom. The van der Waals surface area contributed by atoms with Crippen molar-refractivity contribution >= 4 is 23.6 Å². The second-order valence-electron chi connectivity index (χ2n) is 7.38. The lowest BCUT2D eigenvalue weighted by Crippen LogP contribution is -2.40. The van der Waals surface area contributed by atoms with Crippen molar-refractivity contribution < 1.29 is 19.1 Å². The fourth-order valence-electron chi connectivity index (χ4n) is 4.37. The Bertz CT molecular complexity index is 948. The number of amides is 2. The number of aromatic nitrogens is 2. The Kier molecular flexibility index (Phi) is 3.71. The lowest BCUT2D eigenvalue weighted by atomic mass is 10.0. The average Bonchev–Trinajstić information content (AvgIpc) is 3.39. The van der Waals surface area contributed by atoms with Crippen LogP contribution in [0.5, 0.6) is 0 Å². The Hall–Kier alpha value is -3.23. The molecule has 4 heterocycles. The van der Waals surface area contributed by atoms with Crippen LogP contribution in [0, 0.1) is 0 Å². The first-order valence-corrected chi connectivity index (χ1v) is 9.24. The van der Waals surface area contributed by atoms with Gasteiger partial charge in [-0.3, -0.25) is 9.58 Å². The Labute approximate surface area is 161 Å². The number of carbonyl (C=O) groups excluding carboxylic acids is 2. The molecule has 1 saturated heterocycles. The minimum absolute atomic E-state index is 0.117. The molecule has 2 atom stereocenters. The third-order valence-electron chi connectivity index (χ3n) is 5.65. The lowest BCUT2D eigenvalue weighted by molar-refractivity contribution is 0.123. The van der Waals surface area contributed by atoms with Crippen molar-refractivity contribution in [1.29, 1.82) is 0 Å². The van der Waals surface area contributed by atoms with Gasteiger partial charge in [-0.1, -0.05) is 0 Å². The second kappa shape index (κ2) is 6.15. The van der Waals surface area contributed by atoms with Crippen molar-refractivity contribution in [3.8, 4) is 0 Å². The number of aryl methyl sites for hydroxylation is 1. The van der Waals surface area contributed by atoms with Crippen molar-refractivity contribution in [2.24, 2.45) is 7.05 Å². The number of anilines is 2. The van der Waals surface area contributed by atoms with Crippen LogP contribution in [0.25, 0.3) is 0 Å². The molecule has 146 valence electrons. The van der Waals surface area contributed by atoms with E-state index in [4.69, 9.17) is 4.74 Å². The molecule has 0 saturated carbocycles. The fourth-order valence-corrected chi connectivity index (χ4v) is 4.37. The van der Waals surface area contributed by atoms with Crippen LogP contribution in [0.3, 0.4) is 0 Å². The monoisotopic (exact) mass is 383 g/mol. The number of nitrogens with zero attached hydrogens (tertiary/aromatic N) is 4. The molecule has 0 spiro atoms. The van der Waals surface area contributed by atoms with Gasteiger partial charge in [-0.2, -0.15) is 5.10 Å². The number of fused-ring (bicyclic) bond motifs is 4. The molecule has 1 N–H and O–H groups in total. The first-order chi connectivity index (χ1) is 13.5. The maximum absolute atomic E-state index is 12.4. The highest BCUT2D eigenvalue weighted by molar-refractivity contribution is 5.94. The molecule has 5 rings (SSSR count). The standard InChI is InChI=1S/C19H21N5O4/c1-22-8-12-9-23(10-14(12)21-22)13-3-4-15-11(5-13)6-16-17(7-20-18(25)27-2)28-19(26)24(15)16/h3-5,8,16-17H,6-7,9-10H2,1-2H3,(H,20,25)/t16-,17-/m0/s1. The highest BCUT2D eigenvalue weighted by atomic mass is 16.6. The third kappa shape index (κ3) is 2.57. The number of rotatable bonds is 3. The van der Waals surface area contributed by atoms with E-state index in [1.165, 1.54) is 12.7 Å². The van der Waals surface area contributed by atoms with E-state index in [-0.39, 0.29) is 18.7 Å². The number of benzene rings is 1. The number of hydrogen-bond donors (Lipinski definition) is 1. The SMILES string of the molecule is COC(=O)NC[C@@H]1OC(=O)N2c3ccc(N4Cc5cn(C)nc5C4)cc3C[C@@H]12. The summed E-state index contributed by atoms with van der Waals surface area (Å²) in [5.74, 6) is 0. The number of cyclic esters (lactones) is 1. The number of methoxy groups -OCH3 is 1. The lowest BCUT2D eigenvalue weighted by Gasteiger charge is -2.19. The first kappa shape index (κ1) is 16.9. The van der Waals surface area contributed by atoms with Gasteiger partial charge in [-0.05, 0) is 30.2 Å². The number of hydrogen-bond acceptors (Lipinski definition) is 6. The minimum atomic E-state index is -0.533. The van der Waals surface area contributed by atoms with E-state index in [2.05, 4.69) is 32.3 Å². The van der Waals surface area contributed by atoms with Crippen molar-refractivity contribution in [3.05, 3.63) is 41.2 Å². The smallest absolute Gasteiger partial charge is 0.415 e. The zero-order valence-corrected chi connectivity index (χ0v) is 15.7. The highest BCUT2D eigenvalue weighted by Crippen LogP contribution is 2.41. The zero-order chi connectivity index (χ0) is 19.4.